The van der Waals surface area contributed by atoms with E-state index >= 15 is 0 Å². The van der Waals surface area contributed by atoms with Gasteiger partial charge in [-0.2, -0.15) is 18.2 Å². The lowest BCUT2D eigenvalue weighted by Crippen LogP contribution is -2.19. The van der Waals surface area contributed by atoms with Crippen LogP contribution in [0.2, 0.25) is 0 Å². The van der Waals surface area contributed by atoms with Crippen LogP contribution in [0.3, 0.4) is 0 Å². The van der Waals surface area contributed by atoms with Gasteiger partial charge in [0.05, 0.1) is 11.3 Å². The van der Waals surface area contributed by atoms with Crippen LogP contribution in [-0.4, -0.2) is 21.0 Å². The highest BCUT2D eigenvalue weighted by atomic mass is 19.4. The Balaban J connectivity index is 1.82. The monoisotopic (exact) mass is 376 g/mol. The number of nitrogens with one attached hydrogen (secondary N) is 1. The number of rotatable bonds is 4. The minimum Gasteiger partial charge on any atom is -0.478 e. The molecule has 2 heterocycles. The van der Waals surface area contributed by atoms with Gasteiger partial charge in [0.2, 0.25) is 0 Å². The molecule has 0 aliphatic carbocycles. The third kappa shape index (κ3) is 4.32. The van der Waals surface area contributed by atoms with Crippen molar-refractivity contribution in [2.45, 2.75) is 6.18 Å². The number of benzene rings is 1. The molecule has 9 heteroatoms. The molecule has 0 spiro atoms. The van der Waals surface area contributed by atoms with Crippen LogP contribution in [0.15, 0.2) is 51.7 Å². The van der Waals surface area contributed by atoms with Crippen molar-refractivity contribution < 1.29 is 27.5 Å². The molecule has 1 aromatic carbocycles. The van der Waals surface area contributed by atoms with Crippen LogP contribution in [0.1, 0.15) is 27.5 Å². The second-order valence-electron chi connectivity index (χ2n) is 5.44. The standard InChI is InChI=1S/C18H11F3N2O4/c19-18(20,21)15-9-12(22-17(26)23-15)5-6-13-7-8-14(27-13)10-1-3-11(4-2-10)16(24)25/h1-9H,(H,24,25)(H,22,23,26). The third-order valence-corrected chi connectivity index (χ3v) is 3.53. The molecule has 27 heavy (non-hydrogen) atoms. The van der Waals surface area contributed by atoms with Crippen molar-refractivity contribution >= 4 is 18.1 Å². The highest BCUT2D eigenvalue weighted by molar-refractivity contribution is 5.88. The first-order chi connectivity index (χ1) is 12.7. The van der Waals surface area contributed by atoms with Crippen molar-refractivity contribution in [2.24, 2.45) is 0 Å². The van der Waals surface area contributed by atoms with Crippen LogP contribution in [0.5, 0.6) is 0 Å². The minimum atomic E-state index is -4.69. The molecule has 0 bridgehead atoms. The maximum Gasteiger partial charge on any atom is 0.431 e. The number of aromatic nitrogens is 2. The smallest absolute Gasteiger partial charge is 0.431 e. The zero-order valence-electron chi connectivity index (χ0n) is 13.4. The Morgan fingerprint density at radius 3 is 2.44 bits per heavy atom. The minimum absolute atomic E-state index is 0.131. The Morgan fingerprint density at radius 2 is 1.81 bits per heavy atom. The van der Waals surface area contributed by atoms with Crippen molar-refractivity contribution in [2.75, 3.05) is 0 Å². The Morgan fingerprint density at radius 1 is 1.11 bits per heavy atom. The maximum absolute atomic E-state index is 12.7. The molecule has 0 saturated heterocycles. The average molecular weight is 376 g/mol. The molecule has 0 aliphatic rings. The Bertz CT molecular complexity index is 1060. The molecule has 0 aliphatic heterocycles. The summed E-state index contributed by atoms with van der Waals surface area (Å²) < 4.78 is 43.7. The number of aromatic carboxylic acids is 1. The predicted molar refractivity (Wildman–Crippen MR) is 89.9 cm³/mol. The van der Waals surface area contributed by atoms with Gasteiger partial charge in [0.1, 0.15) is 17.2 Å². The summed E-state index contributed by atoms with van der Waals surface area (Å²) in [5, 5.41) is 8.88. The van der Waals surface area contributed by atoms with E-state index in [0.29, 0.717) is 23.2 Å². The number of alkyl halides is 3. The van der Waals surface area contributed by atoms with Gasteiger partial charge in [0.15, 0.2) is 0 Å². The lowest BCUT2D eigenvalue weighted by atomic mass is 10.1. The summed E-state index contributed by atoms with van der Waals surface area (Å²) in [6.45, 7) is 0. The summed E-state index contributed by atoms with van der Waals surface area (Å²) in [4.78, 5) is 27.2. The van der Waals surface area contributed by atoms with Gasteiger partial charge in [-0.25, -0.2) is 9.59 Å². The molecule has 0 saturated carbocycles. The van der Waals surface area contributed by atoms with Crippen LogP contribution in [0, 0.1) is 0 Å². The molecule has 2 N–H and O–H groups in total. The molecule has 0 amide bonds. The average Bonchev–Trinajstić information content (AvgIpc) is 3.08. The van der Waals surface area contributed by atoms with Gasteiger partial charge >= 0.3 is 17.8 Å². The molecule has 2 aromatic heterocycles. The van der Waals surface area contributed by atoms with Gasteiger partial charge in [0.25, 0.3) is 0 Å². The molecule has 3 rings (SSSR count). The lowest BCUT2D eigenvalue weighted by molar-refractivity contribution is -0.141. The van der Waals surface area contributed by atoms with Crippen LogP contribution in [0.25, 0.3) is 23.5 Å². The summed E-state index contributed by atoms with van der Waals surface area (Å²) in [6, 6.07) is 9.92. The van der Waals surface area contributed by atoms with Crippen LogP contribution in [-0.2, 0) is 6.18 Å². The van der Waals surface area contributed by atoms with Gasteiger partial charge in [-0.3, -0.25) is 0 Å². The molecular formula is C18H11F3N2O4. The number of carboxylic acids is 1. The Kier molecular flexibility index (Phi) is 4.68. The second-order valence-corrected chi connectivity index (χ2v) is 5.44. The summed E-state index contributed by atoms with van der Waals surface area (Å²) in [7, 11) is 0. The molecule has 0 radical (unpaired) electrons. The van der Waals surface area contributed by atoms with E-state index in [-0.39, 0.29) is 11.3 Å². The highest BCUT2D eigenvalue weighted by Crippen LogP contribution is 2.27. The van der Waals surface area contributed by atoms with Gasteiger partial charge in [-0.15, -0.1) is 0 Å². The summed E-state index contributed by atoms with van der Waals surface area (Å²) in [5.41, 5.74) is -1.71. The number of furan rings is 1. The Labute approximate surface area is 149 Å². The van der Waals surface area contributed by atoms with Crippen molar-refractivity contribution in [3.8, 4) is 11.3 Å². The second kappa shape index (κ2) is 6.94. The number of aromatic amines is 1. The van der Waals surface area contributed by atoms with Crippen molar-refractivity contribution in [3.05, 3.63) is 75.7 Å². The molecule has 3 aromatic rings. The van der Waals surface area contributed by atoms with E-state index in [1.54, 1.807) is 29.2 Å². The first-order valence-corrected chi connectivity index (χ1v) is 7.52. The predicted octanol–water partition coefficient (Wildman–Crippen LogP) is 3.92. The van der Waals surface area contributed by atoms with E-state index in [0.717, 1.165) is 0 Å². The summed E-state index contributed by atoms with van der Waals surface area (Å²) in [6.07, 6.45) is -2.09. The molecule has 138 valence electrons. The van der Waals surface area contributed by atoms with Gasteiger partial charge in [-0.1, -0.05) is 12.1 Å². The topological polar surface area (TPSA) is 96.2 Å². The third-order valence-electron chi connectivity index (χ3n) is 3.53. The molecule has 6 nitrogen and oxygen atoms in total. The molecular weight excluding hydrogens is 365 g/mol. The van der Waals surface area contributed by atoms with E-state index < -0.39 is 23.5 Å². The van der Waals surface area contributed by atoms with Crippen molar-refractivity contribution in [1.29, 1.82) is 0 Å². The van der Waals surface area contributed by atoms with Gasteiger partial charge in [-0.05, 0) is 42.5 Å². The first-order valence-electron chi connectivity index (χ1n) is 7.52. The normalized spacial score (nSPS) is 11.8. The van der Waals surface area contributed by atoms with Crippen LogP contribution < -0.4 is 5.69 Å². The van der Waals surface area contributed by atoms with Crippen LogP contribution in [0.4, 0.5) is 13.2 Å². The molecule has 0 unspecified atom stereocenters. The fourth-order valence-electron chi connectivity index (χ4n) is 2.26. The molecule has 0 atom stereocenters. The van der Waals surface area contributed by atoms with Crippen molar-refractivity contribution in [1.82, 2.24) is 9.97 Å². The number of carboxylic acid groups (broad SMARTS) is 1. The largest absolute Gasteiger partial charge is 0.478 e. The van der Waals surface area contributed by atoms with E-state index in [2.05, 4.69) is 4.98 Å². The fraction of sp³-hybridized carbons (Fsp3) is 0.0556. The number of H-pyrrole nitrogens is 1. The summed E-state index contributed by atoms with van der Waals surface area (Å²) >= 11 is 0. The van der Waals surface area contributed by atoms with Crippen molar-refractivity contribution in [3.63, 3.8) is 0 Å². The number of hydrogen-bond acceptors (Lipinski definition) is 4. The zero-order valence-corrected chi connectivity index (χ0v) is 13.4. The van der Waals surface area contributed by atoms with E-state index in [1.807, 2.05) is 0 Å². The quantitative estimate of drug-likeness (QED) is 0.720. The van der Waals surface area contributed by atoms with E-state index in [1.165, 1.54) is 24.3 Å². The Hall–Kier alpha value is -3.62. The highest BCUT2D eigenvalue weighted by Gasteiger charge is 2.32. The summed E-state index contributed by atoms with van der Waals surface area (Å²) in [5.74, 6) is -0.280. The van der Waals surface area contributed by atoms with Gasteiger partial charge in [0, 0.05) is 5.56 Å². The van der Waals surface area contributed by atoms with Crippen LogP contribution >= 0.6 is 0 Å². The zero-order chi connectivity index (χ0) is 19.6. The van der Waals surface area contributed by atoms with Gasteiger partial charge < -0.3 is 14.5 Å². The fourth-order valence-corrected chi connectivity index (χ4v) is 2.26. The first kappa shape index (κ1) is 18.2. The number of carbonyl (C=O) groups is 1. The van der Waals surface area contributed by atoms with E-state index in [9.17, 15) is 22.8 Å². The number of hydrogen-bond donors (Lipinski definition) is 2. The maximum atomic E-state index is 12.7. The molecule has 0 fully saturated rings. The van der Waals surface area contributed by atoms with E-state index in [4.69, 9.17) is 9.52 Å². The SMILES string of the molecule is O=C(O)c1ccc(-c2ccc(C=Cc3cc(C(F)(F)F)[nH]c(=O)n3)o2)cc1. The number of nitrogens with zero attached hydrogens (tertiary/aromatic N) is 1. The lowest BCUT2D eigenvalue weighted by Gasteiger charge is -2.05. The number of halogens is 3.